The molecule has 2 unspecified atom stereocenters. The van der Waals surface area contributed by atoms with E-state index in [-0.39, 0.29) is 17.4 Å². The second kappa shape index (κ2) is 5.52. The highest BCUT2D eigenvalue weighted by atomic mass is 19.1. The Morgan fingerprint density at radius 2 is 2.26 bits per heavy atom. The fraction of sp³-hybridized carbons (Fsp3) is 0.538. The van der Waals surface area contributed by atoms with Gasteiger partial charge >= 0.3 is 0 Å². The molecule has 1 saturated heterocycles. The summed E-state index contributed by atoms with van der Waals surface area (Å²) >= 11 is 0. The van der Waals surface area contributed by atoms with Crippen molar-refractivity contribution in [3.63, 3.8) is 0 Å². The predicted molar refractivity (Wildman–Crippen MR) is 71.7 cm³/mol. The van der Waals surface area contributed by atoms with Crippen molar-refractivity contribution in [1.29, 1.82) is 0 Å². The van der Waals surface area contributed by atoms with E-state index in [2.05, 4.69) is 24.2 Å². The minimum absolute atomic E-state index is 0.0764. The van der Waals surface area contributed by atoms with Gasteiger partial charge in [-0.15, -0.1) is 0 Å². The molecular formula is C13H18FN3O2. The molecule has 1 heterocycles. The number of piperidine rings is 1. The summed E-state index contributed by atoms with van der Waals surface area (Å²) in [6.45, 7) is 3.96. The van der Waals surface area contributed by atoms with Gasteiger partial charge in [-0.1, -0.05) is 6.92 Å². The third kappa shape index (κ3) is 3.20. The number of nitrogens with one attached hydrogen (secondary N) is 1. The molecule has 0 spiro atoms. The Bertz CT molecular complexity index is 481. The second-order valence-corrected chi connectivity index (χ2v) is 5.20. The average molecular weight is 267 g/mol. The minimum atomic E-state index is -0.485. The first-order chi connectivity index (χ1) is 8.97. The summed E-state index contributed by atoms with van der Waals surface area (Å²) in [5, 5.41) is 14.1. The number of anilines is 1. The highest BCUT2D eigenvalue weighted by Gasteiger charge is 2.26. The molecule has 6 heteroatoms. The summed E-state index contributed by atoms with van der Waals surface area (Å²) in [4.78, 5) is 12.7. The van der Waals surface area contributed by atoms with E-state index in [1.807, 2.05) is 0 Å². The van der Waals surface area contributed by atoms with Crippen LogP contribution in [0.3, 0.4) is 0 Å². The summed E-state index contributed by atoms with van der Waals surface area (Å²) in [5.74, 6) is -0.102. The van der Waals surface area contributed by atoms with Gasteiger partial charge in [-0.2, -0.15) is 0 Å². The smallest absolute Gasteiger partial charge is 0.292 e. The van der Waals surface area contributed by atoms with Crippen molar-refractivity contribution in [2.45, 2.75) is 19.4 Å². The number of likely N-dealkylation sites (tertiary alicyclic amines) is 1. The maximum absolute atomic E-state index is 13.3. The quantitative estimate of drug-likeness (QED) is 0.675. The fourth-order valence-corrected chi connectivity index (χ4v) is 2.55. The van der Waals surface area contributed by atoms with E-state index in [0.29, 0.717) is 5.92 Å². The summed E-state index contributed by atoms with van der Waals surface area (Å²) in [6.07, 6.45) is 0.894. The van der Waals surface area contributed by atoms with Crippen molar-refractivity contribution in [2.24, 2.45) is 5.92 Å². The zero-order chi connectivity index (χ0) is 14.0. The van der Waals surface area contributed by atoms with Gasteiger partial charge in [0, 0.05) is 24.7 Å². The normalized spacial score (nSPS) is 24.2. The summed E-state index contributed by atoms with van der Waals surface area (Å²) in [7, 11) is 2.05. The van der Waals surface area contributed by atoms with Gasteiger partial charge in [-0.05, 0) is 32.0 Å². The topological polar surface area (TPSA) is 58.4 Å². The number of benzene rings is 1. The molecule has 1 aromatic rings. The first kappa shape index (κ1) is 13.7. The fourth-order valence-electron chi connectivity index (χ4n) is 2.55. The highest BCUT2D eigenvalue weighted by molar-refractivity contribution is 5.62. The van der Waals surface area contributed by atoms with Crippen LogP contribution in [-0.4, -0.2) is 36.0 Å². The molecule has 2 rings (SSSR count). The predicted octanol–water partition coefficient (Wildman–Crippen LogP) is 2.49. The average Bonchev–Trinajstić information content (AvgIpc) is 2.32. The molecular weight excluding hydrogens is 249 g/mol. The lowest BCUT2D eigenvalue weighted by Crippen LogP contribution is -2.43. The molecule has 0 bridgehead atoms. The highest BCUT2D eigenvalue weighted by Crippen LogP contribution is 2.28. The van der Waals surface area contributed by atoms with Gasteiger partial charge in [-0.25, -0.2) is 4.39 Å². The second-order valence-electron chi connectivity index (χ2n) is 5.20. The van der Waals surface area contributed by atoms with E-state index in [0.717, 1.165) is 25.6 Å². The van der Waals surface area contributed by atoms with Gasteiger partial charge in [0.2, 0.25) is 0 Å². The number of hydrogen-bond donors (Lipinski definition) is 1. The van der Waals surface area contributed by atoms with Crippen LogP contribution in [0.2, 0.25) is 0 Å². The van der Waals surface area contributed by atoms with E-state index < -0.39 is 10.7 Å². The molecule has 0 radical (unpaired) electrons. The molecule has 5 nitrogen and oxygen atoms in total. The van der Waals surface area contributed by atoms with Gasteiger partial charge in [0.05, 0.1) is 4.92 Å². The van der Waals surface area contributed by atoms with Crippen LogP contribution in [0.1, 0.15) is 13.3 Å². The monoisotopic (exact) mass is 267 g/mol. The van der Waals surface area contributed by atoms with Gasteiger partial charge < -0.3 is 10.2 Å². The number of nitro benzene ring substituents is 1. The molecule has 2 atom stereocenters. The van der Waals surface area contributed by atoms with Crippen LogP contribution in [0.15, 0.2) is 18.2 Å². The van der Waals surface area contributed by atoms with Gasteiger partial charge in [0.1, 0.15) is 11.5 Å². The first-order valence-corrected chi connectivity index (χ1v) is 6.36. The molecule has 1 aliphatic heterocycles. The molecule has 104 valence electrons. The Labute approximate surface area is 111 Å². The Hall–Kier alpha value is -1.69. The molecule has 1 N–H and O–H groups in total. The minimum Gasteiger partial charge on any atom is -0.376 e. The maximum Gasteiger partial charge on any atom is 0.292 e. The zero-order valence-electron chi connectivity index (χ0n) is 11.1. The van der Waals surface area contributed by atoms with Crippen LogP contribution in [0.25, 0.3) is 0 Å². The molecule has 1 aliphatic rings. The summed E-state index contributed by atoms with van der Waals surface area (Å²) < 4.78 is 13.3. The Morgan fingerprint density at radius 3 is 2.89 bits per heavy atom. The Kier molecular flexibility index (Phi) is 3.99. The van der Waals surface area contributed by atoms with Crippen LogP contribution < -0.4 is 5.32 Å². The summed E-state index contributed by atoms with van der Waals surface area (Å²) in [5.41, 5.74) is 0.193. The first-order valence-electron chi connectivity index (χ1n) is 6.36. The molecule has 0 aromatic heterocycles. The lowest BCUT2D eigenvalue weighted by molar-refractivity contribution is -0.384. The van der Waals surface area contributed by atoms with E-state index in [1.54, 1.807) is 0 Å². The van der Waals surface area contributed by atoms with E-state index in [1.165, 1.54) is 12.1 Å². The number of nitrogens with zero attached hydrogens (tertiary/aromatic N) is 2. The van der Waals surface area contributed by atoms with Crippen LogP contribution in [0.4, 0.5) is 15.8 Å². The lowest BCUT2D eigenvalue weighted by atomic mass is 9.94. The van der Waals surface area contributed by atoms with Crippen LogP contribution >= 0.6 is 0 Å². The largest absolute Gasteiger partial charge is 0.376 e. The number of nitro groups is 1. The Morgan fingerprint density at radius 1 is 1.53 bits per heavy atom. The third-order valence-electron chi connectivity index (χ3n) is 3.60. The maximum atomic E-state index is 13.3. The van der Waals surface area contributed by atoms with Crippen LogP contribution in [0.5, 0.6) is 0 Å². The molecule has 19 heavy (non-hydrogen) atoms. The van der Waals surface area contributed by atoms with Gasteiger partial charge in [-0.3, -0.25) is 10.1 Å². The number of halogens is 1. The molecule has 1 aromatic carbocycles. The van der Waals surface area contributed by atoms with Crippen molar-refractivity contribution in [2.75, 3.05) is 25.5 Å². The SMILES string of the molecule is CC1CN(C)CCC1Nc1cc(F)ccc1[N+](=O)[O-]. The van der Waals surface area contributed by atoms with Crippen LogP contribution in [-0.2, 0) is 0 Å². The molecule has 0 saturated carbocycles. The van der Waals surface area contributed by atoms with Crippen molar-refractivity contribution in [3.05, 3.63) is 34.1 Å². The zero-order valence-corrected chi connectivity index (χ0v) is 11.1. The van der Waals surface area contributed by atoms with Crippen molar-refractivity contribution < 1.29 is 9.31 Å². The Balaban J connectivity index is 2.18. The third-order valence-corrected chi connectivity index (χ3v) is 3.60. The molecule has 0 aliphatic carbocycles. The van der Waals surface area contributed by atoms with Crippen molar-refractivity contribution >= 4 is 11.4 Å². The number of hydrogen-bond acceptors (Lipinski definition) is 4. The summed E-state index contributed by atoms with van der Waals surface area (Å²) in [6, 6.07) is 3.65. The molecule has 0 amide bonds. The number of rotatable bonds is 3. The van der Waals surface area contributed by atoms with Gasteiger partial charge in [0.15, 0.2) is 0 Å². The van der Waals surface area contributed by atoms with E-state index >= 15 is 0 Å². The van der Waals surface area contributed by atoms with Crippen LogP contribution in [0, 0.1) is 21.8 Å². The standard InChI is InChI=1S/C13H18FN3O2/c1-9-8-16(2)6-5-11(9)15-12-7-10(14)3-4-13(12)17(18)19/h3-4,7,9,11,15H,5-6,8H2,1-2H3. The lowest BCUT2D eigenvalue weighted by Gasteiger charge is -2.35. The molecule has 1 fully saturated rings. The van der Waals surface area contributed by atoms with E-state index in [4.69, 9.17) is 0 Å². The van der Waals surface area contributed by atoms with Crippen molar-refractivity contribution in [1.82, 2.24) is 4.90 Å². The van der Waals surface area contributed by atoms with E-state index in [9.17, 15) is 14.5 Å². The van der Waals surface area contributed by atoms with Gasteiger partial charge in [0.25, 0.3) is 5.69 Å². The van der Waals surface area contributed by atoms with Crippen molar-refractivity contribution in [3.8, 4) is 0 Å².